The summed E-state index contributed by atoms with van der Waals surface area (Å²) in [5, 5.41) is 8.83. The minimum atomic E-state index is 0.264. The number of amides is 1. The Bertz CT molecular complexity index is 777. The van der Waals surface area contributed by atoms with Gasteiger partial charge in [0, 0.05) is 37.7 Å². The zero-order valence-electron chi connectivity index (χ0n) is 16.5. The van der Waals surface area contributed by atoms with E-state index in [4.69, 9.17) is 4.74 Å². The fraction of sp³-hybridized carbons (Fsp3) is 0.500. The van der Waals surface area contributed by atoms with Crippen LogP contribution in [0.25, 0.3) is 11.3 Å². The molecule has 1 saturated heterocycles. The number of anilines is 1. The molecule has 0 radical (unpaired) electrons. The van der Waals surface area contributed by atoms with Gasteiger partial charge in [-0.25, -0.2) is 0 Å². The molecule has 4 rings (SSSR count). The number of hydrogen-bond acceptors (Lipinski definition) is 5. The SMILES string of the molecule is CCOc1ccc(-c2ccc(N3CCN(C(=O)C4CCCC4)CC3)nn2)cc1. The van der Waals surface area contributed by atoms with Crippen molar-refractivity contribution >= 4 is 11.7 Å². The van der Waals surface area contributed by atoms with Crippen molar-refractivity contribution in [2.24, 2.45) is 5.92 Å². The van der Waals surface area contributed by atoms with Crippen LogP contribution in [0.3, 0.4) is 0 Å². The van der Waals surface area contributed by atoms with Crippen molar-refractivity contribution in [1.29, 1.82) is 0 Å². The number of ether oxygens (including phenoxy) is 1. The van der Waals surface area contributed by atoms with E-state index in [1.165, 1.54) is 12.8 Å². The lowest BCUT2D eigenvalue weighted by molar-refractivity contribution is -0.135. The Morgan fingerprint density at radius 2 is 1.71 bits per heavy atom. The summed E-state index contributed by atoms with van der Waals surface area (Å²) in [5.41, 5.74) is 1.87. The van der Waals surface area contributed by atoms with Crippen molar-refractivity contribution in [3.8, 4) is 17.0 Å². The van der Waals surface area contributed by atoms with E-state index in [1.54, 1.807) is 0 Å². The zero-order valence-corrected chi connectivity index (χ0v) is 16.5. The van der Waals surface area contributed by atoms with Crippen LogP contribution >= 0.6 is 0 Å². The molecular weight excluding hydrogens is 352 g/mol. The summed E-state index contributed by atoms with van der Waals surface area (Å²) in [4.78, 5) is 16.8. The second-order valence-corrected chi connectivity index (χ2v) is 7.53. The molecule has 1 amide bonds. The summed E-state index contributed by atoms with van der Waals surface area (Å²) in [7, 11) is 0. The highest BCUT2D eigenvalue weighted by Crippen LogP contribution is 2.27. The number of nitrogens with zero attached hydrogens (tertiary/aromatic N) is 4. The third kappa shape index (κ3) is 4.11. The molecule has 1 aromatic carbocycles. The lowest BCUT2D eigenvalue weighted by Gasteiger charge is -2.36. The van der Waals surface area contributed by atoms with E-state index in [0.717, 1.165) is 61.8 Å². The number of rotatable bonds is 5. The highest BCUT2D eigenvalue weighted by molar-refractivity contribution is 5.79. The van der Waals surface area contributed by atoms with Gasteiger partial charge in [-0.15, -0.1) is 10.2 Å². The quantitative estimate of drug-likeness (QED) is 0.796. The normalized spacial score (nSPS) is 17.8. The van der Waals surface area contributed by atoms with E-state index < -0.39 is 0 Å². The van der Waals surface area contributed by atoms with Crippen LogP contribution < -0.4 is 9.64 Å². The summed E-state index contributed by atoms with van der Waals surface area (Å²) >= 11 is 0. The van der Waals surface area contributed by atoms with Crippen molar-refractivity contribution in [2.75, 3.05) is 37.7 Å². The van der Waals surface area contributed by atoms with Gasteiger partial charge in [-0.2, -0.15) is 0 Å². The Kier molecular flexibility index (Phi) is 5.74. The summed E-state index contributed by atoms with van der Waals surface area (Å²) in [5.74, 6) is 2.36. The van der Waals surface area contributed by atoms with Crippen LogP contribution in [-0.4, -0.2) is 53.8 Å². The average molecular weight is 380 g/mol. The highest BCUT2D eigenvalue weighted by Gasteiger charge is 2.29. The number of piperazine rings is 1. The molecule has 1 aliphatic carbocycles. The average Bonchev–Trinajstić information content (AvgIpc) is 3.29. The molecule has 1 saturated carbocycles. The second-order valence-electron chi connectivity index (χ2n) is 7.53. The molecule has 0 bridgehead atoms. The third-order valence-corrected chi connectivity index (χ3v) is 5.73. The van der Waals surface area contributed by atoms with Gasteiger partial charge >= 0.3 is 0 Å². The van der Waals surface area contributed by atoms with Crippen molar-refractivity contribution in [2.45, 2.75) is 32.6 Å². The lowest BCUT2D eigenvalue weighted by atomic mass is 10.1. The minimum Gasteiger partial charge on any atom is -0.494 e. The van der Waals surface area contributed by atoms with Crippen LogP contribution in [0.1, 0.15) is 32.6 Å². The van der Waals surface area contributed by atoms with Gasteiger partial charge in [0.15, 0.2) is 5.82 Å². The van der Waals surface area contributed by atoms with Crippen molar-refractivity contribution < 1.29 is 9.53 Å². The number of carbonyl (C=O) groups is 1. The Labute approximate surface area is 166 Å². The fourth-order valence-electron chi connectivity index (χ4n) is 4.12. The van der Waals surface area contributed by atoms with E-state index in [1.807, 2.05) is 48.2 Å². The minimum absolute atomic E-state index is 0.264. The second kappa shape index (κ2) is 8.59. The maximum Gasteiger partial charge on any atom is 0.225 e. The number of benzene rings is 1. The van der Waals surface area contributed by atoms with Crippen LogP contribution in [0.15, 0.2) is 36.4 Å². The fourth-order valence-corrected chi connectivity index (χ4v) is 4.12. The smallest absolute Gasteiger partial charge is 0.225 e. The summed E-state index contributed by atoms with van der Waals surface area (Å²) in [6.07, 6.45) is 4.54. The molecule has 2 aromatic rings. The third-order valence-electron chi connectivity index (χ3n) is 5.73. The molecule has 1 aliphatic heterocycles. The van der Waals surface area contributed by atoms with Crippen LogP contribution in [0.5, 0.6) is 5.75 Å². The molecule has 28 heavy (non-hydrogen) atoms. The van der Waals surface area contributed by atoms with Gasteiger partial charge in [0.25, 0.3) is 0 Å². The molecule has 6 heteroatoms. The first kappa shape index (κ1) is 18.7. The van der Waals surface area contributed by atoms with Gasteiger partial charge in [0.2, 0.25) is 5.91 Å². The highest BCUT2D eigenvalue weighted by atomic mass is 16.5. The zero-order chi connectivity index (χ0) is 19.3. The number of aromatic nitrogens is 2. The first-order chi connectivity index (χ1) is 13.7. The first-order valence-corrected chi connectivity index (χ1v) is 10.4. The molecule has 0 N–H and O–H groups in total. The molecule has 2 fully saturated rings. The van der Waals surface area contributed by atoms with Gasteiger partial charge in [-0.1, -0.05) is 12.8 Å². The number of carbonyl (C=O) groups excluding carboxylic acids is 1. The molecule has 0 unspecified atom stereocenters. The molecule has 0 spiro atoms. The van der Waals surface area contributed by atoms with Gasteiger partial charge in [-0.3, -0.25) is 4.79 Å². The van der Waals surface area contributed by atoms with E-state index in [2.05, 4.69) is 15.1 Å². The molecule has 6 nitrogen and oxygen atoms in total. The van der Waals surface area contributed by atoms with Gasteiger partial charge in [0.05, 0.1) is 12.3 Å². The van der Waals surface area contributed by atoms with Crippen LogP contribution in [-0.2, 0) is 4.79 Å². The summed E-state index contributed by atoms with van der Waals surface area (Å²) in [6.45, 7) is 5.82. The van der Waals surface area contributed by atoms with E-state index in [9.17, 15) is 4.79 Å². The first-order valence-electron chi connectivity index (χ1n) is 10.4. The predicted molar refractivity (Wildman–Crippen MR) is 109 cm³/mol. The maximum absolute atomic E-state index is 12.6. The maximum atomic E-state index is 12.6. The van der Waals surface area contributed by atoms with Gasteiger partial charge < -0.3 is 14.5 Å². The summed E-state index contributed by atoms with van der Waals surface area (Å²) in [6, 6.07) is 11.9. The largest absolute Gasteiger partial charge is 0.494 e. The number of hydrogen-bond donors (Lipinski definition) is 0. The Morgan fingerprint density at radius 1 is 1.00 bits per heavy atom. The molecule has 2 heterocycles. The predicted octanol–water partition coefficient (Wildman–Crippen LogP) is 3.38. The Balaban J connectivity index is 1.35. The topological polar surface area (TPSA) is 58.6 Å². The molecular formula is C22H28N4O2. The van der Waals surface area contributed by atoms with Gasteiger partial charge in [0.1, 0.15) is 5.75 Å². The molecule has 1 aromatic heterocycles. The van der Waals surface area contributed by atoms with Crippen LogP contribution in [0.4, 0.5) is 5.82 Å². The van der Waals surface area contributed by atoms with Gasteiger partial charge in [-0.05, 0) is 56.2 Å². The molecule has 148 valence electrons. The van der Waals surface area contributed by atoms with E-state index >= 15 is 0 Å². The monoisotopic (exact) mass is 380 g/mol. The Morgan fingerprint density at radius 3 is 2.32 bits per heavy atom. The van der Waals surface area contributed by atoms with Crippen LogP contribution in [0.2, 0.25) is 0 Å². The van der Waals surface area contributed by atoms with Crippen molar-refractivity contribution in [3.63, 3.8) is 0 Å². The summed E-state index contributed by atoms with van der Waals surface area (Å²) < 4.78 is 5.48. The Hall–Kier alpha value is -2.63. The molecule has 0 atom stereocenters. The van der Waals surface area contributed by atoms with E-state index in [0.29, 0.717) is 12.5 Å². The van der Waals surface area contributed by atoms with Crippen molar-refractivity contribution in [1.82, 2.24) is 15.1 Å². The molecule has 2 aliphatic rings. The van der Waals surface area contributed by atoms with Crippen LogP contribution in [0, 0.1) is 5.92 Å². The van der Waals surface area contributed by atoms with Crippen molar-refractivity contribution in [3.05, 3.63) is 36.4 Å². The standard InChI is InChI=1S/C22H28N4O2/c1-2-28-19-9-7-17(8-10-19)20-11-12-21(24-23-20)25-13-15-26(16-14-25)22(27)18-5-3-4-6-18/h7-12,18H,2-6,13-16H2,1H3. The van der Waals surface area contributed by atoms with E-state index in [-0.39, 0.29) is 5.92 Å². The lowest BCUT2D eigenvalue weighted by Crippen LogP contribution is -2.50.